The van der Waals surface area contributed by atoms with Gasteiger partial charge >= 0.3 is 5.76 Å². The second-order valence-electron chi connectivity index (χ2n) is 8.84. The average molecular weight is 428 g/mol. The number of rotatable bonds is 4. The van der Waals surface area contributed by atoms with Gasteiger partial charge in [0.1, 0.15) is 6.04 Å². The minimum Gasteiger partial charge on any atom is -0.408 e. The van der Waals surface area contributed by atoms with Gasteiger partial charge in [0, 0.05) is 64.0 Å². The van der Waals surface area contributed by atoms with Crippen LogP contribution in [0.15, 0.2) is 27.4 Å². The molecule has 0 saturated carbocycles. The highest BCUT2D eigenvalue weighted by atomic mass is 16.4. The fourth-order valence-corrected chi connectivity index (χ4v) is 5.08. The van der Waals surface area contributed by atoms with Crippen LogP contribution in [0.3, 0.4) is 0 Å². The van der Waals surface area contributed by atoms with E-state index in [1.807, 2.05) is 18.2 Å². The quantitative estimate of drug-likeness (QED) is 0.693. The largest absolute Gasteiger partial charge is 0.420 e. The molecule has 0 aliphatic carbocycles. The van der Waals surface area contributed by atoms with Gasteiger partial charge in [0.2, 0.25) is 11.8 Å². The molecule has 9 heteroatoms. The molecule has 3 fully saturated rings. The maximum atomic E-state index is 12.5. The van der Waals surface area contributed by atoms with Crippen LogP contribution in [0.25, 0.3) is 11.1 Å². The number of oxazole rings is 1. The SMILES string of the molecule is O=C1CCC(n2c(=O)oc3cc(N4CCC(CN5CCNCC5)CC4)ccc32)C(=O)N1. The van der Waals surface area contributed by atoms with Crippen LogP contribution in [0, 0.1) is 5.92 Å². The van der Waals surface area contributed by atoms with E-state index in [4.69, 9.17) is 4.42 Å². The molecule has 9 nitrogen and oxygen atoms in total. The fourth-order valence-electron chi connectivity index (χ4n) is 5.08. The lowest BCUT2D eigenvalue weighted by molar-refractivity contribution is -0.135. The number of nitrogens with one attached hydrogen (secondary N) is 2. The van der Waals surface area contributed by atoms with Crippen molar-refractivity contribution in [3.63, 3.8) is 0 Å². The number of amides is 2. The zero-order valence-electron chi connectivity index (χ0n) is 17.6. The molecule has 0 bridgehead atoms. The van der Waals surface area contributed by atoms with Gasteiger partial charge in [-0.3, -0.25) is 19.5 Å². The molecule has 166 valence electrons. The summed E-state index contributed by atoms with van der Waals surface area (Å²) < 4.78 is 6.86. The third kappa shape index (κ3) is 4.12. The van der Waals surface area contributed by atoms with Crippen LogP contribution in [-0.2, 0) is 9.59 Å². The number of imide groups is 1. The number of nitrogens with zero attached hydrogens (tertiary/aromatic N) is 3. The highest BCUT2D eigenvalue weighted by Crippen LogP contribution is 2.29. The van der Waals surface area contributed by atoms with E-state index in [1.165, 1.54) is 11.1 Å². The van der Waals surface area contributed by atoms with Gasteiger partial charge in [-0.2, -0.15) is 0 Å². The van der Waals surface area contributed by atoms with Gasteiger partial charge in [0.25, 0.3) is 0 Å². The van der Waals surface area contributed by atoms with Gasteiger partial charge in [0.05, 0.1) is 5.52 Å². The van der Waals surface area contributed by atoms with E-state index in [-0.39, 0.29) is 12.3 Å². The van der Waals surface area contributed by atoms with E-state index in [0.29, 0.717) is 17.5 Å². The fraction of sp³-hybridized carbons (Fsp3) is 0.591. The van der Waals surface area contributed by atoms with Crippen LogP contribution in [-0.4, -0.2) is 67.1 Å². The van der Waals surface area contributed by atoms with Gasteiger partial charge in [-0.25, -0.2) is 4.79 Å². The van der Waals surface area contributed by atoms with Crippen LogP contribution in [0.2, 0.25) is 0 Å². The van der Waals surface area contributed by atoms with Gasteiger partial charge in [-0.1, -0.05) is 0 Å². The average Bonchev–Trinajstić information content (AvgIpc) is 3.10. The Bertz CT molecular complexity index is 1030. The number of carbonyl (C=O) groups excluding carboxylic acids is 2. The molecule has 3 aliphatic rings. The number of carbonyl (C=O) groups is 2. The minimum atomic E-state index is -0.710. The van der Waals surface area contributed by atoms with Crippen molar-refractivity contribution in [1.82, 2.24) is 20.1 Å². The Morgan fingerprint density at radius 3 is 2.52 bits per heavy atom. The topological polar surface area (TPSA) is 99.8 Å². The number of piperazine rings is 1. The summed E-state index contributed by atoms with van der Waals surface area (Å²) >= 11 is 0. The number of anilines is 1. The van der Waals surface area contributed by atoms with Crippen molar-refractivity contribution in [2.45, 2.75) is 31.7 Å². The number of hydrogen-bond acceptors (Lipinski definition) is 7. The third-order valence-electron chi connectivity index (χ3n) is 6.82. The maximum absolute atomic E-state index is 12.5. The van der Waals surface area contributed by atoms with E-state index in [2.05, 4.69) is 20.4 Å². The lowest BCUT2D eigenvalue weighted by Crippen LogP contribution is -2.46. The summed E-state index contributed by atoms with van der Waals surface area (Å²) in [5, 5.41) is 5.72. The molecule has 1 atom stereocenters. The number of benzene rings is 1. The van der Waals surface area contributed by atoms with E-state index >= 15 is 0 Å². The van der Waals surface area contributed by atoms with Crippen LogP contribution in [0.4, 0.5) is 5.69 Å². The Labute approximate surface area is 180 Å². The lowest BCUT2D eigenvalue weighted by Gasteiger charge is -2.37. The Kier molecular flexibility index (Phi) is 5.54. The molecule has 31 heavy (non-hydrogen) atoms. The molecule has 5 rings (SSSR count). The molecule has 2 aromatic rings. The number of fused-ring (bicyclic) bond motifs is 1. The van der Waals surface area contributed by atoms with E-state index in [1.54, 1.807) is 0 Å². The Balaban J connectivity index is 1.28. The predicted molar refractivity (Wildman–Crippen MR) is 116 cm³/mol. The number of piperidine rings is 2. The van der Waals surface area contributed by atoms with E-state index in [9.17, 15) is 14.4 Å². The Morgan fingerprint density at radius 1 is 1.00 bits per heavy atom. The van der Waals surface area contributed by atoms with Crippen LogP contribution >= 0.6 is 0 Å². The van der Waals surface area contributed by atoms with Crippen LogP contribution in [0.1, 0.15) is 31.7 Å². The zero-order chi connectivity index (χ0) is 21.4. The second kappa shape index (κ2) is 8.47. The van der Waals surface area contributed by atoms with E-state index in [0.717, 1.165) is 63.7 Å². The normalized spacial score (nSPS) is 24.0. The van der Waals surface area contributed by atoms with E-state index < -0.39 is 17.7 Å². The lowest BCUT2D eigenvalue weighted by atomic mass is 9.95. The molecule has 3 saturated heterocycles. The first-order chi connectivity index (χ1) is 15.1. The van der Waals surface area contributed by atoms with Crippen molar-refractivity contribution >= 4 is 28.6 Å². The standard InChI is InChI=1S/C22H29N5O4/c28-20-4-3-18(21(29)24-20)27-17-2-1-16(13-19(17)31-22(27)30)26-9-5-15(6-10-26)14-25-11-7-23-8-12-25/h1-2,13,15,18,23H,3-12,14H2,(H,24,28,29). The van der Waals surface area contributed by atoms with Gasteiger partial charge in [-0.15, -0.1) is 0 Å². The smallest absolute Gasteiger partial charge is 0.408 e. The number of aromatic nitrogens is 1. The van der Waals surface area contributed by atoms with Crippen LogP contribution in [0.5, 0.6) is 0 Å². The van der Waals surface area contributed by atoms with Crippen molar-refractivity contribution in [1.29, 1.82) is 0 Å². The predicted octanol–water partition coefficient (Wildman–Crippen LogP) is 0.694. The summed E-state index contributed by atoms with van der Waals surface area (Å²) in [6.07, 6.45) is 2.84. The first-order valence-corrected chi connectivity index (χ1v) is 11.3. The molecule has 1 aromatic heterocycles. The zero-order valence-corrected chi connectivity index (χ0v) is 17.6. The van der Waals surface area contributed by atoms with Gasteiger partial charge in [-0.05, 0) is 37.3 Å². The van der Waals surface area contributed by atoms with Crippen molar-refractivity contribution in [2.75, 3.05) is 50.7 Å². The molecule has 1 unspecified atom stereocenters. The number of hydrogen-bond donors (Lipinski definition) is 2. The third-order valence-corrected chi connectivity index (χ3v) is 6.82. The molecule has 1 aromatic carbocycles. The summed E-state index contributed by atoms with van der Waals surface area (Å²) in [6, 6.07) is 5.04. The Hall–Kier alpha value is -2.65. The second-order valence-corrected chi connectivity index (χ2v) is 8.84. The molecular formula is C22H29N5O4. The van der Waals surface area contributed by atoms with Crippen molar-refractivity contribution in [2.24, 2.45) is 5.92 Å². The summed E-state index contributed by atoms with van der Waals surface area (Å²) in [6.45, 7) is 7.60. The first kappa shape index (κ1) is 20.3. The summed E-state index contributed by atoms with van der Waals surface area (Å²) in [4.78, 5) is 41.1. The van der Waals surface area contributed by atoms with Gasteiger partial charge in [0.15, 0.2) is 5.58 Å². The summed E-state index contributed by atoms with van der Waals surface area (Å²) in [5.74, 6) is -0.581. The summed E-state index contributed by atoms with van der Waals surface area (Å²) in [5.41, 5.74) is 2.12. The Morgan fingerprint density at radius 2 is 1.77 bits per heavy atom. The minimum absolute atomic E-state index is 0.219. The van der Waals surface area contributed by atoms with Crippen molar-refractivity contribution in [3.05, 3.63) is 28.7 Å². The van der Waals surface area contributed by atoms with Crippen molar-refractivity contribution < 1.29 is 14.0 Å². The first-order valence-electron chi connectivity index (χ1n) is 11.3. The van der Waals surface area contributed by atoms with Crippen LogP contribution < -0.4 is 21.3 Å². The molecule has 2 N–H and O–H groups in total. The molecule has 2 amide bonds. The highest BCUT2D eigenvalue weighted by Gasteiger charge is 2.31. The molecule has 4 heterocycles. The molecular weight excluding hydrogens is 398 g/mol. The molecule has 0 radical (unpaired) electrons. The summed E-state index contributed by atoms with van der Waals surface area (Å²) in [7, 11) is 0. The molecule has 3 aliphatic heterocycles. The van der Waals surface area contributed by atoms with Crippen molar-refractivity contribution in [3.8, 4) is 0 Å². The monoisotopic (exact) mass is 427 g/mol. The van der Waals surface area contributed by atoms with Gasteiger partial charge < -0.3 is 19.5 Å². The highest BCUT2D eigenvalue weighted by molar-refractivity contribution is 6.00. The molecule has 0 spiro atoms. The maximum Gasteiger partial charge on any atom is 0.420 e.